The van der Waals surface area contributed by atoms with E-state index in [0.29, 0.717) is 11.1 Å². The molecule has 19 heavy (non-hydrogen) atoms. The van der Waals surface area contributed by atoms with Crippen LogP contribution in [0.5, 0.6) is 5.75 Å². The molecule has 0 amide bonds. The molecule has 2 aromatic rings. The Hall–Kier alpha value is -2.89. The van der Waals surface area contributed by atoms with Crippen LogP contribution in [0.2, 0.25) is 0 Å². The van der Waals surface area contributed by atoms with Crippen molar-refractivity contribution in [3.8, 4) is 16.9 Å². The molecule has 0 unspecified atom stereocenters. The van der Waals surface area contributed by atoms with Gasteiger partial charge in [-0.25, -0.2) is 4.79 Å². The van der Waals surface area contributed by atoms with E-state index in [-0.39, 0.29) is 5.56 Å². The summed E-state index contributed by atoms with van der Waals surface area (Å²) in [5, 5.41) is 29.0. The molecule has 0 fully saturated rings. The summed E-state index contributed by atoms with van der Waals surface area (Å²) in [4.78, 5) is 20.7. The number of nitro benzene ring substituents is 1. The molecule has 6 heteroatoms. The fourth-order valence-electron chi connectivity index (χ4n) is 1.69. The highest BCUT2D eigenvalue weighted by atomic mass is 16.6. The van der Waals surface area contributed by atoms with E-state index < -0.39 is 22.3 Å². The number of carbonyl (C=O) groups is 1. The predicted octanol–water partition coefficient (Wildman–Crippen LogP) is 2.67. The number of carboxylic acid groups (broad SMARTS) is 1. The molecule has 0 aliphatic rings. The van der Waals surface area contributed by atoms with E-state index >= 15 is 0 Å². The zero-order valence-electron chi connectivity index (χ0n) is 9.61. The number of nitrogens with zero attached hydrogens (tertiary/aromatic N) is 1. The van der Waals surface area contributed by atoms with Crippen molar-refractivity contribution in [3.63, 3.8) is 0 Å². The Balaban J connectivity index is 2.48. The van der Waals surface area contributed by atoms with Gasteiger partial charge in [0.05, 0.1) is 10.5 Å². The van der Waals surface area contributed by atoms with Crippen molar-refractivity contribution >= 4 is 11.7 Å². The number of benzene rings is 2. The second kappa shape index (κ2) is 4.77. The summed E-state index contributed by atoms with van der Waals surface area (Å²) in [6, 6.07) is 9.97. The van der Waals surface area contributed by atoms with E-state index in [2.05, 4.69) is 0 Å². The van der Waals surface area contributed by atoms with Crippen molar-refractivity contribution in [2.45, 2.75) is 0 Å². The SMILES string of the molecule is O=C(O)c1cccc(-c2ccc([N+](=O)[O-])c(O)c2)c1. The van der Waals surface area contributed by atoms with Crippen LogP contribution >= 0.6 is 0 Å². The quantitative estimate of drug-likeness (QED) is 0.651. The summed E-state index contributed by atoms with van der Waals surface area (Å²) in [6.45, 7) is 0. The fourth-order valence-corrected chi connectivity index (χ4v) is 1.69. The van der Waals surface area contributed by atoms with Gasteiger partial charge in [0.25, 0.3) is 0 Å². The molecule has 0 spiro atoms. The second-order valence-corrected chi connectivity index (χ2v) is 3.85. The Morgan fingerprint density at radius 2 is 1.79 bits per heavy atom. The minimum atomic E-state index is -1.06. The van der Waals surface area contributed by atoms with E-state index in [9.17, 15) is 20.0 Å². The van der Waals surface area contributed by atoms with Crippen LogP contribution in [0.3, 0.4) is 0 Å². The second-order valence-electron chi connectivity index (χ2n) is 3.85. The Kier molecular flexibility index (Phi) is 3.15. The van der Waals surface area contributed by atoms with Gasteiger partial charge in [-0.3, -0.25) is 10.1 Å². The number of hydrogen-bond acceptors (Lipinski definition) is 4. The van der Waals surface area contributed by atoms with Crippen LogP contribution in [0.25, 0.3) is 11.1 Å². The first kappa shape index (κ1) is 12.6. The molecule has 0 saturated heterocycles. The fraction of sp³-hybridized carbons (Fsp3) is 0. The molecule has 2 N–H and O–H groups in total. The highest BCUT2D eigenvalue weighted by Gasteiger charge is 2.14. The van der Waals surface area contributed by atoms with E-state index in [1.807, 2.05) is 0 Å². The zero-order chi connectivity index (χ0) is 14.0. The van der Waals surface area contributed by atoms with E-state index in [0.717, 1.165) is 0 Å². The van der Waals surface area contributed by atoms with E-state index in [1.54, 1.807) is 12.1 Å². The Labute approximate surface area is 107 Å². The summed E-state index contributed by atoms with van der Waals surface area (Å²) < 4.78 is 0. The maximum absolute atomic E-state index is 10.9. The first-order valence-corrected chi connectivity index (χ1v) is 5.30. The molecular formula is C13H9NO5. The molecule has 0 bridgehead atoms. The first-order chi connectivity index (χ1) is 8.99. The van der Waals surface area contributed by atoms with Crippen LogP contribution in [0.1, 0.15) is 10.4 Å². The molecule has 0 saturated carbocycles. The van der Waals surface area contributed by atoms with Crippen LogP contribution in [-0.4, -0.2) is 21.1 Å². The molecule has 2 aromatic carbocycles. The standard InChI is InChI=1S/C13H9NO5/c15-12-7-9(4-5-11(12)14(18)19)8-2-1-3-10(6-8)13(16)17/h1-7,15H,(H,16,17). The maximum Gasteiger partial charge on any atom is 0.335 e. The lowest BCUT2D eigenvalue weighted by atomic mass is 10.0. The highest BCUT2D eigenvalue weighted by molar-refractivity contribution is 5.89. The van der Waals surface area contributed by atoms with Crippen molar-refractivity contribution in [2.24, 2.45) is 0 Å². The Morgan fingerprint density at radius 1 is 1.11 bits per heavy atom. The molecule has 0 atom stereocenters. The lowest BCUT2D eigenvalue weighted by Gasteiger charge is -2.04. The van der Waals surface area contributed by atoms with Crippen molar-refractivity contribution in [1.29, 1.82) is 0 Å². The average molecular weight is 259 g/mol. The van der Waals surface area contributed by atoms with Gasteiger partial charge in [0.1, 0.15) is 0 Å². The van der Waals surface area contributed by atoms with Gasteiger partial charge in [-0.2, -0.15) is 0 Å². The van der Waals surface area contributed by atoms with Crippen LogP contribution in [0.15, 0.2) is 42.5 Å². The first-order valence-electron chi connectivity index (χ1n) is 5.30. The molecule has 2 rings (SSSR count). The van der Waals surface area contributed by atoms with Crippen molar-refractivity contribution in [2.75, 3.05) is 0 Å². The van der Waals surface area contributed by atoms with Crippen LogP contribution in [0, 0.1) is 10.1 Å². The number of aromatic carboxylic acids is 1. The largest absolute Gasteiger partial charge is 0.502 e. The number of hydrogen-bond donors (Lipinski definition) is 2. The summed E-state index contributed by atoms with van der Waals surface area (Å²) in [6.07, 6.45) is 0. The molecule has 0 aliphatic heterocycles. The minimum Gasteiger partial charge on any atom is -0.502 e. The average Bonchev–Trinajstić information content (AvgIpc) is 2.38. The molecule has 0 heterocycles. The third-order valence-electron chi connectivity index (χ3n) is 2.61. The lowest BCUT2D eigenvalue weighted by Crippen LogP contribution is -1.95. The molecule has 0 aliphatic carbocycles. The third-order valence-corrected chi connectivity index (χ3v) is 2.61. The Morgan fingerprint density at radius 3 is 2.37 bits per heavy atom. The van der Waals surface area contributed by atoms with Gasteiger partial charge in [-0.15, -0.1) is 0 Å². The number of nitro groups is 1. The maximum atomic E-state index is 10.9. The van der Waals surface area contributed by atoms with Gasteiger partial charge >= 0.3 is 11.7 Å². The number of aromatic hydroxyl groups is 1. The third kappa shape index (κ3) is 2.52. The van der Waals surface area contributed by atoms with Crippen LogP contribution in [-0.2, 0) is 0 Å². The number of phenols is 1. The summed E-state index contributed by atoms with van der Waals surface area (Å²) in [7, 11) is 0. The van der Waals surface area contributed by atoms with Crippen LogP contribution < -0.4 is 0 Å². The molecule has 0 radical (unpaired) electrons. The molecular weight excluding hydrogens is 250 g/mol. The van der Waals surface area contributed by atoms with Gasteiger partial charge in [-0.1, -0.05) is 12.1 Å². The molecule has 96 valence electrons. The topological polar surface area (TPSA) is 101 Å². The smallest absolute Gasteiger partial charge is 0.335 e. The minimum absolute atomic E-state index is 0.107. The number of carboxylic acids is 1. The number of rotatable bonds is 3. The monoisotopic (exact) mass is 259 g/mol. The van der Waals surface area contributed by atoms with Gasteiger partial charge < -0.3 is 10.2 Å². The summed E-state index contributed by atoms with van der Waals surface area (Å²) in [5.41, 5.74) is 0.782. The van der Waals surface area contributed by atoms with E-state index in [4.69, 9.17) is 5.11 Å². The molecule has 6 nitrogen and oxygen atoms in total. The predicted molar refractivity (Wildman–Crippen MR) is 67.2 cm³/mol. The van der Waals surface area contributed by atoms with Gasteiger partial charge in [-0.05, 0) is 35.4 Å². The lowest BCUT2D eigenvalue weighted by molar-refractivity contribution is -0.385. The van der Waals surface area contributed by atoms with Crippen molar-refractivity contribution in [3.05, 3.63) is 58.1 Å². The Bertz CT molecular complexity index is 666. The van der Waals surface area contributed by atoms with Gasteiger partial charge in [0, 0.05) is 6.07 Å². The zero-order valence-corrected chi connectivity index (χ0v) is 9.61. The number of phenolic OH excluding ortho intramolecular Hbond substituents is 1. The normalized spacial score (nSPS) is 10.1. The van der Waals surface area contributed by atoms with Gasteiger partial charge in [0.15, 0.2) is 5.75 Å². The summed E-state index contributed by atoms with van der Waals surface area (Å²) >= 11 is 0. The highest BCUT2D eigenvalue weighted by Crippen LogP contribution is 2.31. The van der Waals surface area contributed by atoms with Crippen molar-refractivity contribution < 1.29 is 19.9 Å². The van der Waals surface area contributed by atoms with Crippen molar-refractivity contribution in [1.82, 2.24) is 0 Å². The molecule has 0 aromatic heterocycles. The van der Waals surface area contributed by atoms with Crippen LogP contribution in [0.4, 0.5) is 5.69 Å². The van der Waals surface area contributed by atoms with Gasteiger partial charge in [0.2, 0.25) is 0 Å². The van der Waals surface area contributed by atoms with E-state index in [1.165, 1.54) is 30.3 Å². The summed E-state index contributed by atoms with van der Waals surface area (Å²) in [5.74, 6) is -1.52.